The second kappa shape index (κ2) is 12.0. The van der Waals surface area contributed by atoms with Gasteiger partial charge in [0.2, 0.25) is 0 Å². The highest BCUT2D eigenvalue weighted by Gasteiger charge is 2.05. The molecule has 0 saturated heterocycles. The number of benzene rings is 4. The fourth-order valence-corrected chi connectivity index (χ4v) is 6.66. The van der Waals surface area contributed by atoms with Crippen LogP contribution in [-0.4, -0.2) is 20.1 Å². The van der Waals surface area contributed by atoms with Gasteiger partial charge in [-0.15, -0.1) is 0 Å². The Morgan fingerprint density at radius 2 is 0.909 bits per heavy atom. The van der Waals surface area contributed by atoms with Crippen molar-refractivity contribution in [3.63, 3.8) is 0 Å². The molecule has 168 valence electrons. The zero-order valence-corrected chi connectivity index (χ0v) is 21.2. The molecule has 0 N–H and O–H groups in total. The molecule has 2 atom stereocenters. The van der Waals surface area contributed by atoms with E-state index in [9.17, 15) is 0 Å². The maximum absolute atomic E-state index is 5.48. The third-order valence-electron chi connectivity index (χ3n) is 5.67. The van der Waals surface area contributed by atoms with E-state index in [4.69, 9.17) is 9.47 Å². The summed E-state index contributed by atoms with van der Waals surface area (Å²) in [6, 6.07) is 34.6. The summed E-state index contributed by atoms with van der Waals surface area (Å²) in [6.45, 7) is 0. The van der Waals surface area contributed by atoms with Gasteiger partial charge in [-0.3, -0.25) is 0 Å². The molecule has 4 heteroatoms. The normalized spacial score (nSPS) is 11.5. The molecule has 0 radical (unpaired) electrons. The summed E-state index contributed by atoms with van der Waals surface area (Å²) in [5.41, 5.74) is 5.10. The summed E-state index contributed by atoms with van der Waals surface area (Å²) in [4.78, 5) is 0. The minimum absolute atomic E-state index is 0.836. The smallest absolute Gasteiger partial charge is 0.122 e. The van der Waals surface area contributed by atoms with Crippen molar-refractivity contribution in [3.8, 4) is 11.5 Å². The highest BCUT2D eigenvalue weighted by molar-refractivity contribution is 7.64. The van der Waals surface area contributed by atoms with Crippen LogP contribution in [0.3, 0.4) is 0 Å². The summed E-state index contributed by atoms with van der Waals surface area (Å²) in [6.07, 6.45) is 1.80. The van der Waals surface area contributed by atoms with Crippen LogP contribution in [0, 0.1) is 0 Å². The lowest BCUT2D eigenvalue weighted by molar-refractivity contribution is 0.410. The fourth-order valence-electron chi connectivity index (χ4n) is 3.87. The first-order chi connectivity index (χ1) is 16.2. The van der Waals surface area contributed by atoms with E-state index in [1.54, 1.807) is 14.2 Å². The minimum atomic E-state index is 0.836. The highest BCUT2D eigenvalue weighted by Crippen LogP contribution is 2.26. The SMILES string of the molecule is COc1ccccc1Cc1ccc(PCPc2ccc(Cc3ccccc3OC)cc2)cc1. The first kappa shape index (κ1) is 23.5. The largest absolute Gasteiger partial charge is 0.496 e. The second-order valence-electron chi connectivity index (χ2n) is 7.90. The Balaban J connectivity index is 1.27. The molecule has 0 aliphatic rings. The van der Waals surface area contributed by atoms with Crippen molar-refractivity contribution < 1.29 is 9.47 Å². The lowest BCUT2D eigenvalue weighted by atomic mass is 10.0. The predicted octanol–water partition coefficient (Wildman–Crippen LogP) is 6.15. The lowest BCUT2D eigenvalue weighted by Crippen LogP contribution is -2.00. The molecule has 0 aliphatic heterocycles. The van der Waals surface area contributed by atoms with Crippen LogP contribution in [0.1, 0.15) is 22.3 Å². The van der Waals surface area contributed by atoms with Crippen molar-refractivity contribution in [2.24, 2.45) is 0 Å². The van der Waals surface area contributed by atoms with Crippen molar-refractivity contribution in [3.05, 3.63) is 119 Å². The van der Waals surface area contributed by atoms with Crippen molar-refractivity contribution in [1.82, 2.24) is 0 Å². The molecule has 0 amide bonds. The van der Waals surface area contributed by atoms with Gasteiger partial charge in [-0.25, -0.2) is 0 Å². The van der Waals surface area contributed by atoms with Gasteiger partial charge in [0.1, 0.15) is 11.5 Å². The molecule has 0 heterocycles. The Bertz CT molecular complexity index is 1060. The molecule has 2 nitrogen and oxygen atoms in total. The first-order valence-electron chi connectivity index (χ1n) is 11.1. The van der Waals surface area contributed by atoms with E-state index >= 15 is 0 Å². The molecular weight excluding hydrogens is 442 g/mol. The zero-order valence-electron chi connectivity index (χ0n) is 19.2. The van der Waals surface area contributed by atoms with E-state index < -0.39 is 0 Å². The summed E-state index contributed by atoms with van der Waals surface area (Å²) in [7, 11) is 5.14. The second-order valence-corrected chi connectivity index (χ2v) is 11.2. The molecule has 2 unspecified atom stereocenters. The molecule has 4 aromatic carbocycles. The average molecular weight is 473 g/mol. The number of hydrogen-bond acceptors (Lipinski definition) is 2. The topological polar surface area (TPSA) is 18.5 Å². The summed E-state index contributed by atoms with van der Waals surface area (Å²) >= 11 is 0. The van der Waals surface area contributed by atoms with Crippen molar-refractivity contribution >= 4 is 27.8 Å². The number of methoxy groups -OCH3 is 2. The van der Waals surface area contributed by atoms with Crippen LogP contribution in [0.4, 0.5) is 0 Å². The highest BCUT2D eigenvalue weighted by atomic mass is 31.1. The van der Waals surface area contributed by atoms with Crippen molar-refractivity contribution in [2.75, 3.05) is 20.1 Å². The van der Waals surface area contributed by atoms with Gasteiger partial charge in [0.15, 0.2) is 0 Å². The quantitative estimate of drug-likeness (QED) is 0.258. The zero-order chi connectivity index (χ0) is 22.9. The van der Waals surface area contributed by atoms with E-state index in [-0.39, 0.29) is 0 Å². The molecule has 0 aromatic heterocycles. The van der Waals surface area contributed by atoms with Crippen LogP contribution in [0.15, 0.2) is 97.1 Å². The number of rotatable bonds is 10. The van der Waals surface area contributed by atoms with Crippen LogP contribution >= 0.6 is 17.2 Å². The van der Waals surface area contributed by atoms with Crippen LogP contribution in [0.25, 0.3) is 0 Å². The molecule has 0 bridgehead atoms. The Morgan fingerprint density at radius 1 is 0.515 bits per heavy atom. The monoisotopic (exact) mass is 472 g/mol. The molecule has 0 aliphatic carbocycles. The van der Waals surface area contributed by atoms with E-state index in [1.807, 2.05) is 24.3 Å². The third-order valence-corrected chi connectivity index (χ3v) is 8.56. The average Bonchev–Trinajstić information content (AvgIpc) is 2.87. The first-order valence-corrected chi connectivity index (χ1v) is 13.6. The molecule has 0 fully saturated rings. The van der Waals surface area contributed by atoms with Crippen molar-refractivity contribution in [1.29, 1.82) is 0 Å². The Labute approximate surface area is 200 Å². The van der Waals surface area contributed by atoms with Gasteiger partial charge >= 0.3 is 0 Å². The standard InChI is InChI=1S/C29H30O2P2/c1-30-28-9-5-3-7-24(28)19-22-11-15-26(16-12-22)32-21-33-27-17-13-23(14-18-27)20-25-8-4-6-10-29(25)31-2/h3-18,32-33H,19-21H2,1-2H3. The molecule has 33 heavy (non-hydrogen) atoms. The Kier molecular flexibility index (Phi) is 8.53. The van der Waals surface area contributed by atoms with Crippen LogP contribution in [-0.2, 0) is 12.8 Å². The lowest BCUT2D eigenvalue weighted by Gasteiger charge is -2.10. The van der Waals surface area contributed by atoms with Crippen LogP contribution in [0.5, 0.6) is 11.5 Å². The van der Waals surface area contributed by atoms with E-state index in [2.05, 4.69) is 72.8 Å². The molecule has 0 spiro atoms. The fraction of sp³-hybridized carbons (Fsp3) is 0.172. The number of hydrogen-bond donors (Lipinski definition) is 0. The maximum Gasteiger partial charge on any atom is 0.122 e. The third kappa shape index (κ3) is 6.67. The number of para-hydroxylation sites is 2. The van der Waals surface area contributed by atoms with Gasteiger partial charge in [-0.05, 0) is 50.9 Å². The van der Waals surface area contributed by atoms with Gasteiger partial charge in [0, 0.05) is 12.8 Å². The van der Waals surface area contributed by atoms with Gasteiger partial charge in [-0.2, -0.15) is 0 Å². The van der Waals surface area contributed by atoms with Crippen LogP contribution < -0.4 is 20.1 Å². The van der Waals surface area contributed by atoms with Gasteiger partial charge < -0.3 is 9.47 Å². The summed E-state index contributed by atoms with van der Waals surface area (Å²) in [5.74, 6) is 3.12. The Hall–Kier alpha value is -2.66. The molecule has 0 saturated carbocycles. The van der Waals surface area contributed by atoms with Crippen LogP contribution in [0.2, 0.25) is 0 Å². The minimum Gasteiger partial charge on any atom is -0.496 e. The maximum atomic E-state index is 5.48. The van der Waals surface area contributed by atoms with E-state index in [0.717, 1.165) is 41.5 Å². The Morgan fingerprint density at radius 3 is 1.30 bits per heavy atom. The molecule has 4 rings (SSSR count). The predicted molar refractivity (Wildman–Crippen MR) is 145 cm³/mol. The summed E-state index contributed by atoms with van der Waals surface area (Å²) in [5, 5.41) is 2.86. The molecular formula is C29H30O2P2. The van der Waals surface area contributed by atoms with Gasteiger partial charge in [-0.1, -0.05) is 102 Å². The van der Waals surface area contributed by atoms with E-state index in [1.165, 1.54) is 38.8 Å². The van der Waals surface area contributed by atoms with Gasteiger partial charge in [0.25, 0.3) is 0 Å². The number of ether oxygens (including phenoxy) is 2. The van der Waals surface area contributed by atoms with E-state index in [0.29, 0.717) is 0 Å². The summed E-state index contributed by atoms with van der Waals surface area (Å²) < 4.78 is 11.0. The van der Waals surface area contributed by atoms with Crippen molar-refractivity contribution in [2.45, 2.75) is 12.8 Å². The van der Waals surface area contributed by atoms with Gasteiger partial charge in [0.05, 0.1) is 14.2 Å². The molecule has 4 aromatic rings.